The highest BCUT2D eigenvalue weighted by Crippen LogP contribution is 2.14. The summed E-state index contributed by atoms with van der Waals surface area (Å²) in [7, 11) is 0. The maximum Gasteiger partial charge on any atom is 0.366 e. The van der Waals surface area contributed by atoms with Crippen molar-refractivity contribution in [2.24, 2.45) is 0 Å². The van der Waals surface area contributed by atoms with Gasteiger partial charge >= 0.3 is 5.91 Å². The summed E-state index contributed by atoms with van der Waals surface area (Å²) in [6, 6.07) is 14.6. The molecule has 0 atom stereocenters. The average molecular weight is 351 g/mol. The van der Waals surface area contributed by atoms with E-state index < -0.39 is 0 Å². The summed E-state index contributed by atoms with van der Waals surface area (Å²) in [5.41, 5.74) is 2.68. The summed E-state index contributed by atoms with van der Waals surface area (Å²) in [6.45, 7) is 2.23. The first kappa shape index (κ1) is 18.1. The molecule has 0 aliphatic carbocycles. The molecule has 0 unspecified atom stereocenters. The fourth-order valence-electron chi connectivity index (χ4n) is 3.18. The first-order chi connectivity index (χ1) is 12.7. The average Bonchev–Trinajstić information content (AvgIpc) is 3.01. The molecule has 0 radical (unpaired) electrons. The number of carbonyl (C=O) groups is 1. The lowest BCUT2D eigenvalue weighted by Gasteiger charge is -2.03. The number of aryl methyl sites for hydroxylation is 1. The number of para-hydroxylation sites is 2. The van der Waals surface area contributed by atoms with E-state index in [1.165, 1.54) is 48.8 Å². The van der Waals surface area contributed by atoms with E-state index in [2.05, 4.69) is 12.1 Å². The van der Waals surface area contributed by atoms with Crippen LogP contribution in [0, 0.1) is 5.21 Å². The van der Waals surface area contributed by atoms with E-state index in [-0.39, 0.29) is 5.91 Å². The molecule has 3 aromatic rings. The van der Waals surface area contributed by atoms with Crippen molar-refractivity contribution < 1.29 is 9.64 Å². The lowest BCUT2D eigenvalue weighted by molar-refractivity contribution is -0.645. The van der Waals surface area contributed by atoms with Crippen molar-refractivity contribution in [3.05, 3.63) is 64.9 Å². The highest BCUT2D eigenvalue weighted by molar-refractivity contribution is 5.99. The van der Waals surface area contributed by atoms with Gasteiger partial charge in [-0.1, -0.05) is 68.0 Å². The molecule has 26 heavy (non-hydrogen) atoms. The predicted octanol–water partition coefficient (Wildman–Crippen LogP) is 4.26. The number of unbranched alkanes of at least 4 members (excludes halogenated alkanes) is 5. The molecule has 0 saturated carbocycles. The van der Waals surface area contributed by atoms with E-state index in [1.807, 2.05) is 24.3 Å². The number of rotatable bonds is 8. The van der Waals surface area contributed by atoms with Crippen LogP contribution in [0.1, 0.15) is 61.4 Å². The first-order valence-corrected chi connectivity index (χ1v) is 9.42. The Morgan fingerprint density at radius 2 is 1.69 bits per heavy atom. The summed E-state index contributed by atoms with van der Waals surface area (Å²) >= 11 is 0. The van der Waals surface area contributed by atoms with E-state index in [1.54, 1.807) is 24.3 Å². The van der Waals surface area contributed by atoms with E-state index >= 15 is 0 Å². The zero-order valence-corrected chi connectivity index (χ0v) is 15.2. The summed E-state index contributed by atoms with van der Waals surface area (Å²) in [4.78, 5) is 13.2. The van der Waals surface area contributed by atoms with Gasteiger partial charge in [0.2, 0.25) is 11.0 Å². The number of hydrogen-bond acceptors (Lipinski definition) is 3. The molecule has 2 aromatic carbocycles. The number of benzene rings is 2. The van der Waals surface area contributed by atoms with Gasteiger partial charge in [0, 0.05) is 0 Å². The van der Waals surface area contributed by atoms with Crippen LogP contribution >= 0.6 is 0 Å². The third-order valence-corrected chi connectivity index (χ3v) is 4.70. The molecule has 0 amide bonds. The molecule has 0 aliphatic heterocycles. The number of fused-ring (bicyclic) bond motifs is 1. The van der Waals surface area contributed by atoms with E-state index in [9.17, 15) is 10.0 Å². The van der Waals surface area contributed by atoms with Gasteiger partial charge in [0.15, 0.2) is 0 Å². The van der Waals surface area contributed by atoms with Crippen molar-refractivity contribution in [2.75, 3.05) is 0 Å². The highest BCUT2D eigenvalue weighted by atomic mass is 16.5. The smallest absolute Gasteiger partial charge is 0.366 e. The summed E-state index contributed by atoms with van der Waals surface area (Å²) in [5, 5.41) is 15.6. The predicted molar refractivity (Wildman–Crippen MR) is 102 cm³/mol. The second-order valence-corrected chi connectivity index (χ2v) is 6.68. The van der Waals surface area contributed by atoms with Gasteiger partial charge in [-0.25, -0.2) is 4.79 Å². The monoisotopic (exact) mass is 351 g/mol. The molecular weight excluding hydrogens is 326 g/mol. The van der Waals surface area contributed by atoms with Crippen LogP contribution in [0.2, 0.25) is 0 Å². The maximum atomic E-state index is 12.7. The van der Waals surface area contributed by atoms with Crippen molar-refractivity contribution in [1.82, 2.24) is 9.90 Å². The Morgan fingerprint density at radius 1 is 1.00 bits per heavy atom. The lowest BCUT2D eigenvalue weighted by atomic mass is 10.0. The molecule has 1 aromatic heterocycles. The van der Waals surface area contributed by atoms with Gasteiger partial charge in [0.1, 0.15) is 5.21 Å². The van der Waals surface area contributed by atoms with Crippen molar-refractivity contribution in [2.45, 2.75) is 51.9 Å². The Kier molecular flexibility index (Phi) is 6.00. The minimum absolute atomic E-state index is 0.290. The van der Waals surface area contributed by atoms with Crippen LogP contribution in [-0.4, -0.2) is 15.8 Å². The van der Waals surface area contributed by atoms with Crippen molar-refractivity contribution >= 4 is 16.9 Å². The normalized spacial score (nSPS) is 11.1. The summed E-state index contributed by atoms with van der Waals surface area (Å²) in [6.07, 6.45) is 8.68. The van der Waals surface area contributed by atoms with Crippen LogP contribution in [-0.2, 0) is 6.42 Å². The quantitative estimate of drug-likeness (QED) is 0.346. The third-order valence-electron chi connectivity index (χ3n) is 4.70. The molecular formula is C21H25N3O2. The molecule has 0 spiro atoms. The molecule has 0 aliphatic rings. The van der Waals surface area contributed by atoms with Crippen molar-refractivity contribution in [3.8, 4) is 0 Å². The minimum atomic E-state index is -0.290. The molecule has 0 N–H and O–H groups in total. The Bertz CT molecular complexity index is 869. The van der Waals surface area contributed by atoms with Gasteiger partial charge in [-0.05, 0) is 42.7 Å². The number of aromatic nitrogens is 3. The van der Waals surface area contributed by atoms with Crippen molar-refractivity contribution in [1.29, 1.82) is 0 Å². The lowest BCUT2D eigenvalue weighted by Crippen LogP contribution is -2.31. The molecule has 5 nitrogen and oxygen atoms in total. The second-order valence-electron chi connectivity index (χ2n) is 6.68. The van der Waals surface area contributed by atoms with Crippen LogP contribution < -0.4 is 4.85 Å². The Morgan fingerprint density at radius 3 is 2.46 bits per heavy atom. The number of nitrogens with zero attached hydrogens (tertiary/aromatic N) is 3. The Balaban J connectivity index is 1.63. The fraction of sp³-hybridized carbons (Fsp3) is 0.381. The van der Waals surface area contributed by atoms with E-state index in [4.69, 9.17) is 0 Å². The van der Waals surface area contributed by atoms with Gasteiger partial charge in [0.05, 0.1) is 5.56 Å². The zero-order chi connectivity index (χ0) is 18.4. The largest absolute Gasteiger partial charge is 0.691 e. The third kappa shape index (κ3) is 4.10. The van der Waals surface area contributed by atoms with Gasteiger partial charge in [-0.3, -0.25) is 0 Å². The first-order valence-electron chi connectivity index (χ1n) is 9.42. The summed E-state index contributed by atoms with van der Waals surface area (Å²) in [5.74, 6) is -0.290. The fourth-order valence-corrected chi connectivity index (χ4v) is 3.18. The summed E-state index contributed by atoms with van der Waals surface area (Å²) < 4.78 is 1.17. The standard InChI is InChI=1S/C21H25N3O2/c1-2-3-4-5-6-7-10-17-13-15-18(16-14-17)21(25)23-19-11-8-9-12-20(19)24(26)22-23/h8-9,11-16H,2-7,10H2,1H3. The van der Waals surface area contributed by atoms with Crippen LogP contribution in [0.3, 0.4) is 0 Å². The second kappa shape index (κ2) is 8.61. The zero-order valence-electron chi connectivity index (χ0n) is 15.2. The minimum Gasteiger partial charge on any atom is -0.691 e. The van der Waals surface area contributed by atoms with Crippen LogP contribution in [0.15, 0.2) is 48.5 Å². The number of hydrogen-bond donors (Lipinski definition) is 0. The Labute approximate surface area is 153 Å². The number of carbonyl (C=O) groups excluding carboxylic acids is 1. The van der Waals surface area contributed by atoms with Gasteiger partial charge in [0.25, 0.3) is 0 Å². The topological polar surface area (TPSA) is 61.8 Å². The van der Waals surface area contributed by atoms with E-state index in [0.29, 0.717) is 21.4 Å². The SMILES string of the molecule is CCCCCCCCc1ccc(C(=O)n2n[n+]([O-])c3ccccc32)cc1. The van der Waals surface area contributed by atoms with Gasteiger partial charge < -0.3 is 5.21 Å². The molecule has 0 fully saturated rings. The molecule has 0 saturated heterocycles. The van der Waals surface area contributed by atoms with Crippen molar-refractivity contribution in [3.63, 3.8) is 0 Å². The Hall–Kier alpha value is -2.69. The molecule has 1 heterocycles. The van der Waals surface area contributed by atoms with Crippen LogP contribution in [0.4, 0.5) is 0 Å². The molecule has 3 rings (SSSR count). The van der Waals surface area contributed by atoms with Crippen LogP contribution in [0.5, 0.6) is 0 Å². The van der Waals surface area contributed by atoms with E-state index in [0.717, 1.165) is 6.42 Å². The van der Waals surface area contributed by atoms with Gasteiger partial charge in [-0.15, -0.1) is 4.85 Å². The highest BCUT2D eigenvalue weighted by Gasteiger charge is 2.22. The molecule has 136 valence electrons. The van der Waals surface area contributed by atoms with Gasteiger partial charge in [-0.2, -0.15) is 0 Å². The maximum absolute atomic E-state index is 12.7. The van der Waals surface area contributed by atoms with Crippen LogP contribution in [0.25, 0.3) is 11.0 Å². The molecule has 0 bridgehead atoms. The molecule has 5 heteroatoms.